The summed E-state index contributed by atoms with van der Waals surface area (Å²) >= 11 is 0. The van der Waals surface area contributed by atoms with Crippen LogP contribution < -0.4 is 5.32 Å². The Bertz CT molecular complexity index is 1410. The topological polar surface area (TPSA) is 105 Å². The van der Waals surface area contributed by atoms with Gasteiger partial charge in [0.05, 0.1) is 39.9 Å². The lowest BCUT2D eigenvalue weighted by Gasteiger charge is -2.26. The average molecular weight is 1280 g/mol. The molecular formula is C80H164N2O6P+. The number of nitrogens with one attached hydrogen (secondary N) is 1. The zero-order chi connectivity index (χ0) is 64.8. The van der Waals surface area contributed by atoms with Gasteiger partial charge in [0.1, 0.15) is 13.2 Å². The van der Waals surface area contributed by atoms with E-state index in [0.717, 1.165) is 38.5 Å². The van der Waals surface area contributed by atoms with Crippen molar-refractivity contribution in [1.82, 2.24) is 5.32 Å². The molecule has 0 saturated heterocycles. The molecular weight excluding hydrogens is 1120 g/mol. The fourth-order valence-corrected chi connectivity index (χ4v) is 14.0. The van der Waals surface area contributed by atoms with Crippen molar-refractivity contribution < 1.29 is 32.9 Å². The number of likely N-dealkylation sites (N-methyl/N-ethyl adjacent to an activating group) is 1. The number of hydrogen-bond acceptors (Lipinski definition) is 5. The first-order valence-corrected chi connectivity index (χ1v) is 42.4. The maximum Gasteiger partial charge on any atom is 0.472 e. The van der Waals surface area contributed by atoms with Gasteiger partial charge in [0.15, 0.2) is 0 Å². The highest BCUT2D eigenvalue weighted by atomic mass is 31.2. The molecule has 0 heterocycles. The molecule has 0 radical (unpaired) electrons. The van der Waals surface area contributed by atoms with E-state index in [1.807, 2.05) is 21.1 Å². The summed E-state index contributed by atoms with van der Waals surface area (Å²) in [5.41, 5.74) is 0. The van der Waals surface area contributed by atoms with E-state index in [4.69, 9.17) is 9.05 Å². The van der Waals surface area contributed by atoms with Gasteiger partial charge in [-0.2, -0.15) is 0 Å². The number of unbranched alkanes of at least 4 members (excludes halogenated alkanes) is 65. The number of phosphoric ester groups is 1. The van der Waals surface area contributed by atoms with Crippen LogP contribution in [0.5, 0.6) is 0 Å². The van der Waals surface area contributed by atoms with E-state index >= 15 is 0 Å². The maximum absolute atomic E-state index is 13.1. The number of carbonyl (C=O) groups is 1. The van der Waals surface area contributed by atoms with Crippen LogP contribution in [0, 0.1) is 0 Å². The van der Waals surface area contributed by atoms with Gasteiger partial charge in [0.2, 0.25) is 5.91 Å². The highest BCUT2D eigenvalue weighted by molar-refractivity contribution is 7.47. The monoisotopic (exact) mass is 1280 g/mol. The van der Waals surface area contributed by atoms with Crippen molar-refractivity contribution in [3.8, 4) is 0 Å². The number of nitrogens with zero attached hydrogens (tertiary/aromatic N) is 1. The SMILES string of the molecule is CCCCCCCCCCCCCCCCCCCCCCCCCCCCCCCCCCCCCCCCC(=O)NC(COP(=O)(O)OCC[N+](C)(C)C)C(O)CCCCCCCCCCCCCCCCCCCCCCCCCCCCCCC. The van der Waals surface area contributed by atoms with Gasteiger partial charge < -0.3 is 19.8 Å². The highest BCUT2D eigenvalue weighted by Crippen LogP contribution is 2.43. The van der Waals surface area contributed by atoms with E-state index < -0.39 is 20.0 Å². The van der Waals surface area contributed by atoms with Crippen LogP contribution in [-0.2, 0) is 18.4 Å². The van der Waals surface area contributed by atoms with E-state index in [2.05, 4.69) is 19.2 Å². The van der Waals surface area contributed by atoms with Crippen LogP contribution in [0.3, 0.4) is 0 Å². The fraction of sp³-hybridized carbons (Fsp3) is 0.988. The van der Waals surface area contributed by atoms with Crippen LogP contribution >= 0.6 is 7.82 Å². The summed E-state index contributed by atoms with van der Waals surface area (Å²) in [5, 5.41) is 14.2. The number of amides is 1. The Hall–Kier alpha value is -0.500. The molecule has 3 N–H and O–H groups in total. The van der Waals surface area contributed by atoms with Crippen LogP contribution in [0.2, 0.25) is 0 Å². The molecule has 0 aliphatic carbocycles. The molecule has 0 aliphatic heterocycles. The molecule has 89 heavy (non-hydrogen) atoms. The number of carbonyl (C=O) groups excluding carboxylic acids is 1. The normalized spacial score (nSPS) is 13.4. The molecule has 3 atom stereocenters. The highest BCUT2D eigenvalue weighted by Gasteiger charge is 2.28. The Kier molecular flexibility index (Phi) is 71.4. The van der Waals surface area contributed by atoms with Gasteiger partial charge in [0.25, 0.3) is 0 Å². The standard InChI is InChI=1S/C80H163N2O6P/c1-6-8-10-12-14-16-18-20-22-24-26-28-30-32-34-36-37-38-39-40-41-42-43-44-46-48-50-52-54-56-58-60-62-64-66-68-70-72-74-80(84)81-78(77-88-89(85,86)87-76-75-82(3,4)5)79(83)73-71-69-67-65-63-61-59-57-55-53-51-49-47-45-35-33-31-29-27-25-23-21-19-17-15-13-11-9-7-2/h78-79,83H,6-77H2,1-5H3,(H-,81,84,85,86)/p+1. The minimum Gasteiger partial charge on any atom is -0.391 e. The van der Waals surface area contributed by atoms with Crippen molar-refractivity contribution in [3.05, 3.63) is 0 Å². The lowest BCUT2D eigenvalue weighted by atomic mass is 10.0. The zero-order valence-corrected chi connectivity index (χ0v) is 62.4. The first-order valence-electron chi connectivity index (χ1n) is 40.9. The summed E-state index contributed by atoms with van der Waals surface area (Å²) < 4.78 is 24.0. The van der Waals surface area contributed by atoms with E-state index in [1.165, 1.54) is 392 Å². The van der Waals surface area contributed by atoms with Crippen molar-refractivity contribution in [3.63, 3.8) is 0 Å². The number of hydrogen-bond donors (Lipinski definition) is 3. The summed E-state index contributed by atoms with van der Waals surface area (Å²) in [4.78, 5) is 23.5. The maximum atomic E-state index is 13.1. The van der Waals surface area contributed by atoms with Gasteiger partial charge in [-0.25, -0.2) is 4.57 Å². The smallest absolute Gasteiger partial charge is 0.391 e. The van der Waals surface area contributed by atoms with Crippen molar-refractivity contribution in [1.29, 1.82) is 0 Å². The van der Waals surface area contributed by atoms with E-state index in [-0.39, 0.29) is 19.1 Å². The minimum atomic E-state index is -4.33. The summed E-state index contributed by atoms with van der Waals surface area (Å²) in [5.74, 6) is -0.131. The molecule has 1 amide bonds. The number of aliphatic hydroxyl groups excluding tert-OH is 1. The van der Waals surface area contributed by atoms with Gasteiger partial charge in [-0.1, -0.05) is 438 Å². The number of rotatable bonds is 78. The average Bonchev–Trinajstić information content (AvgIpc) is 3.56. The Labute approximate surface area is 559 Å². The molecule has 0 fully saturated rings. The Morgan fingerprint density at radius 3 is 0.753 bits per heavy atom. The molecule has 8 nitrogen and oxygen atoms in total. The fourth-order valence-electron chi connectivity index (χ4n) is 13.3. The van der Waals surface area contributed by atoms with Crippen LogP contribution in [0.15, 0.2) is 0 Å². The zero-order valence-electron chi connectivity index (χ0n) is 61.5. The van der Waals surface area contributed by atoms with Crippen LogP contribution in [0.4, 0.5) is 0 Å². The molecule has 3 unspecified atom stereocenters. The second kappa shape index (κ2) is 71.8. The van der Waals surface area contributed by atoms with Crippen molar-refractivity contribution >= 4 is 13.7 Å². The van der Waals surface area contributed by atoms with Crippen LogP contribution in [-0.4, -0.2) is 73.4 Å². The van der Waals surface area contributed by atoms with Gasteiger partial charge in [0, 0.05) is 6.42 Å². The van der Waals surface area contributed by atoms with E-state index in [1.54, 1.807) is 0 Å². The molecule has 0 spiro atoms. The Morgan fingerprint density at radius 1 is 0.337 bits per heavy atom. The third-order valence-corrected chi connectivity index (χ3v) is 20.6. The van der Waals surface area contributed by atoms with Crippen LogP contribution in [0.1, 0.15) is 457 Å². The third kappa shape index (κ3) is 74.8. The van der Waals surface area contributed by atoms with E-state index in [9.17, 15) is 19.4 Å². The Balaban J connectivity index is 3.87. The first-order chi connectivity index (χ1) is 43.5. The molecule has 0 aromatic heterocycles. The predicted molar refractivity (Wildman–Crippen MR) is 392 cm³/mol. The summed E-state index contributed by atoms with van der Waals surface area (Å²) in [6, 6.07) is -0.758. The molecule has 0 aromatic carbocycles. The van der Waals surface area contributed by atoms with Crippen molar-refractivity contribution in [2.45, 2.75) is 469 Å². The second-order valence-electron chi connectivity index (χ2n) is 29.9. The minimum absolute atomic E-state index is 0.0797. The molecule has 9 heteroatoms. The van der Waals surface area contributed by atoms with Crippen molar-refractivity contribution in [2.24, 2.45) is 0 Å². The van der Waals surface area contributed by atoms with Crippen molar-refractivity contribution in [2.75, 3.05) is 40.9 Å². The number of phosphoric acid groups is 1. The molecule has 0 saturated carbocycles. The predicted octanol–water partition coefficient (Wildman–Crippen LogP) is 26.6. The molecule has 0 rings (SSSR count). The second-order valence-corrected chi connectivity index (χ2v) is 31.3. The van der Waals surface area contributed by atoms with Gasteiger partial charge in [-0.05, 0) is 12.8 Å². The van der Waals surface area contributed by atoms with Gasteiger partial charge in [-0.15, -0.1) is 0 Å². The lowest BCUT2D eigenvalue weighted by Crippen LogP contribution is -2.46. The molecule has 0 aliphatic rings. The van der Waals surface area contributed by atoms with Gasteiger partial charge in [-0.3, -0.25) is 13.8 Å². The number of quaternary nitrogens is 1. The quantitative estimate of drug-likeness (QED) is 0.0318. The molecule has 0 bridgehead atoms. The van der Waals surface area contributed by atoms with Crippen LogP contribution in [0.25, 0.3) is 0 Å². The Morgan fingerprint density at radius 2 is 0.539 bits per heavy atom. The summed E-state index contributed by atoms with van der Waals surface area (Å²) in [6.45, 7) is 4.98. The lowest BCUT2D eigenvalue weighted by molar-refractivity contribution is -0.870. The molecule has 534 valence electrons. The first kappa shape index (κ1) is 88.5. The molecule has 0 aromatic rings. The summed E-state index contributed by atoms with van der Waals surface area (Å²) in [7, 11) is 1.65. The van der Waals surface area contributed by atoms with E-state index in [0.29, 0.717) is 23.9 Å². The summed E-state index contributed by atoms with van der Waals surface area (Å²) in [6.07, 6.45) is 92.7. The largest absolute Gasteiger partial charge is 0.472 e. The van der Waals surface area contributed by atoms with Gasteiger partial charge >= 0.3 is 7.82 Å². The number of aliphatic hydroxyl groups is 1. The third-order valence-electron chi connectivity index (χ3n) is 19.6.